The lowest BCUT2D eigenvalue weighted by atomic mass is 10.1. The van der Waals surface area contributed by atoms with Crippen LogP contribution in [0.1, 0.15) is 15.9 Å². The van der Waals surface area contributed by atoms with Gasteiger partial charge in [0, 0.05) is 52.4 Å². The Bertz CT molecular complexity index is 868. The van der Waals surface area contributed by atoms with Crippen LogP contribution in [-0.4, -0.2) is 63.6 Å². The maximum atomic E-state index is 11.8. The molecule has 162 valence electrons. The lowest BCUT2D eigenvalue weighted by molar-refractivity contribution is 0.0963. The highest BCUT2D eigenvalue weighted by molar-refractivity contribution is 14.0. The zero-order chi connectivity index (χ0) is 20.6. The molecule has 1 amide bonds. The van der Waals surface area contributed by atoms with Crippen LogP contribution in [0.4, 0.5) is 5.69 Å². The van der Waals surface area contributed by atoms with Gasteiger partial charge in [0.2, 0.25) is 0 Å². The third kappa shape index (κ3) is 6.25. The van der Waals surface area contributed by atoms with Gasteiger partial charge in [-0.3, -0.25) is 9.79 Å². The van der Waals surface area contributed by atoms with Crippen LogP contribution < -0.4 is 15.5 Å². The molecule has 3 rings (SSSR count). The van der Waals surface area contributed by atoms with Crippen molar-refractivity contribution in [2.45, 2.75) is 6.42 Å². The number of rotatable bonds is 5. The monoisotopic (exact) mass is 541 g/mol. The fraction of sp³-hybridized carbons (Fsp3) is 0.364. The van der Waals surface area contributed by atoms with Crippen molar-refractivity contribution in [3.05, 3.63) is 64.7 Å². The molecule has 1 aliphatic heterocycles. The lowest BCUT2D eigenvalue weighted by Gasteiger charge is -2.38. The number of benzene rings is 2. The number of carbonyl (C=O) groups is 1. The third-order valence-electron chi connectivity index (χ3n) is 5.10. The van der Waals surface area contributed by atoms with E-state index >= 15 is 0 Å². The van der Waals surface area contributed by atoms with Crippen molar-refractivity contribution in [3.8, 4) is 0 Å². The van der Waals surface area contributed by atoms with Crippen LogP contribution in [0.3, 0.4) is 0 Å². The first-order valence-corrected chi connectivity index (χ1v) is 10.3. The molecule has 2 aromatic carbocycles. The molecule has 0 bridgehead atoms. The standard InChI is InChI=1S/C22H28ClN5O.HI/c1-24-21(29)18-7-5-6-17(16-18)10-11-26-22(25-2)28-14-12-27(13-15-28)20-9-4-3-8-19(20)23;/h3-9,16H,10-15H2,1-2H3,(H,24,29)(H,25,26);1H. The Hall–Kier alpha value is -2.00. The average molecular weight is 542 g/mol. The van der Waals surface area contributed by atoms with Crippen molar-refractivity contribution in [1.29, 1.82) is 0 Å². The zero-order valence-electron chi connectivity index (χ0n) is 17.4. The molecule has 0 radical (unpaired) electrons. The number of carbonyl (C=O) groups excluding carboxylic acids is 1. The molecule has 8 heteroatoms. The van der Waals surface area contributed by atoms with Crippen LogP contribution in [0.15, 0.2) is 53.5 Å². The number of anilines is 1. The van der Waals surface area contributed by atoms with E-state index in [-0.39, 0.29) is 29.9 Å². The van der Waals surface area contributed by atoms with Gasteiger partial charge in [-0.15, -0.1) is 24.0 Å². The van der Waals surface area contributed by atoms with E-state index in [1.807, 2.05) is 49.5 Å². The van der Waals surface area contributed by atoms with Gasteiger partial charge in [-0.05, 0) is 36.2 Å². The number of hydrogen-bond acceptors (Lipinski definition) is 3. The molecule has 0 aliphatic carbocycles. The summed E-state index contributed by atoms with van der Waals surface area (Å²) in [5.41, 5.74) is 2.90. The largest absolute Gasteiger partial charge is 0.367 e. The normalized spacial score (nSPS) is 14.2. The Labute approximate surface area is 200 Å². The molecule has 2 aromatic rings. The second kappa shape index (κ2) is 12.0. The molecule has 2 N–H and O–H groups in total. The summed E-state index contributed by atoms with van der Waals surface area (Å²) in [6.07, 6.45) is 0.823. The molecule has 1 aliphatic rings. The molecule has 0 spiro atoms. The molecule has 1 fully saturated rings. The van der Waals surface area contributed by atoms with Crippen LogP contribution in [0.5, 0.6) is 0 Å². The van der Waals surface area contributed by atoms with Crippen molar-refractivity contribution >= 4 is 53.1 Å². The summed E-state index contributed by atoms with van der Waals surface area (Å²) >= 11 is 6.33. The first kappa shape index (κ1) is 24.3. The molecule has 1 heterocycles. The highest BCUT2D eigenvalue weighted by Crippen LogP contribution is 2.26. The number of aliphatic imine (C=N–C) groups is 1. The molecule has 0 unspecified atom stereocenters. The Morgan fingerprint density at radius 3 is 2.50 bits per heavy atom. The molecule has 30 heavy (non-hydrogen) atoms. The SMILES string of the molecule is CN=C(NCCc1cccc(C(=O)NC)c1)N1CCN(c2ccccc2Cl)CC1.I. The van der Waals surface area contributed by atoms with Gasteiger partial charge in [0.05, 0.1) is 10.7 Å². The highest BCUT2D eigenvalue weighted by atomic mass is 127. The van der Waals surface area contributed by atoms with E-state index in [2.05, 4.69) is 31.5 Å². The predicted molar refractivity (Wildman–Crippen MR) is 136 cm³/mol. The van der Waals surface area contributed by atoms with E-state index in [0.29, 0.717) is 5.56 Å². The third-order valence-corrected chi connectivity index (χ3v) is 5.42. The Morgan fingerprint density at radius 2 is 1.83 bits per heavy atom. The van der Waals surface area contributed by atoms with E-state index in [1.165, 1.54) is 0 Å². The van der Waals surface area contributed by atoms with Gasteiger partial charge in [-0.25, -0.2) is 0 Å². The summed E-state index contributed by atoms with van der Waals surface area (Å²) in [4.78, 5) is 20.8. The number of nitrogens with zero attached hydrogens (tertiary/aromatic N) is 3. The van der Waals surface area contributed by atoms with Crippen molar-refractivity contribution < 1.29 is 4.79 Å². The fourth-order valence-corrected chi connectivity index (χ4v) is 3.79. The molecule has 0 saturated carbocycles. The summed E-state index contributed by atoms with van der Waals surface area (Å²) in [5, 5.41) is 6.90. The fourth-order valence-electron chi connectivity index (χ4n) is 3.53. The number of nitrogens with one attached hydrogen (secondary N) is 2. The maximum Gasteiger partial charge on any atom is 0.251 e. The zero-order valence-corrected chi connectivity index (χ0v) is 20.5. The number of amides is 1. The van der Waals surface area contributed by atoms with E-state index in [4.69, 9.17) is 11.6 Å². The van der Waals surface area contributed by atoms with Gasteiger partial charge < -0.3 is 20.4 Å². The number of halogens is 2. The molecular weight excluding hydrogens is 513 g/mol. The van der Waals surface area contributed by atoms with Gasteiger partial charge in [0.1, 0.15) is 0 Å². The van der Waals surface area contributed by atoms with Crippen LogP contribution in [0.25, 0.3) is 0 Å². The van der Waals surface area contributed by atoms with E-state index in [0.717, 1.165) is 61.4 Å². The van der Waals surface area contributed by atoms with Crippen LogP contribution in [-0.2, 0) is 6.42 Å². The minimum atomic E-state index is -0.0630. The van der Waals surface area contributed by atoms with Gasteiger partial charge >= 0.3 is 0 Å². The Balaban J connectivity index is 0.00000320. The maximum absolute atomic E-state index is 11.8. The highest BCUT2D eigenvalue weighted by Gasteiger charge is 2.20. The number of piperazine rings is 1. The summed E-state index contributed by atoms with van der Waals surface area (Å²) in [5.74, 6) is 0.846. The smallest absolute Gasteiger partial charge is 0.251 e. The molecule has 0 atom stereocenters. The summed E-state index contributed by atoms with van der Waals surface area (Å²) < 4.78 is 0. The number of para-hydroxylation sites is 1. The second-order valence-corrected chi connectivity index (χ2v) is 7.34. The van der Waals surface area contributed by atoms with Crippen LogP contribution in [0.2, 0.25) is 5.02 Å². The van der Waals surface area contributed by atoms with E-state index in [9.17, 15) is 4.79 Å². The van der Waals surface area contributed by atoms with Gasteiger partial charge in [-0.1, -0.05) is 35.9 Å². The summed E-state index contributed by atoms with van der Waals surface area (Å²) in [7, 11) is 3.46. The number of guanidine groups is 1. The predicted octanol–water partition coefficient (Wildman–Crippen LogP) is 3.26. The molecule has 0 aromatic heterocycles. The minimum Gasteiger partial charge on any atom is -0.367 e. The summed E-state index contributed by atoms with van der Waals surface area (Å²) in [6, 6.07) is 15.7. The van der Waals surface area contributed by atoms with Gasteiger partial charge in [0.15, 0.2) is 5.96 Å². The quantitative estimate of drug-likeness (QED) is 0.347. The van der Waals surface area contributed by atoms with Crippen molar-refractivity contribution in [2.24, 2.45) is 4.99 Å². The van der Waals surface area contributed by atoms with E-state index < -0.39 is 0 Å². The van der Waals surface area contributed by atoms with E-state index in [1.54, 1.807) is 7.05 Å². The molecule has 1 saturated heterocycles. The van der Waals surface area contributed by atoms with Crippen LogP contribution >= 0.6 is 35.6 Å². The van der Waals surface area contributed by atoms with Crippen molar-refractivity contribution in [3.63, 3.8) is 0 Å². The Kier molecular flexibility index (Phi) is 9.71. The summed E-state index contributed by atoms with van der Waals surface area (Å²) in [6.45, 7) is 4.33. The van der Waals surface area contributed by atoms with Crippen molar-refractivity contribution in [2.75, 3.05) is 51.7 Å². The first-order valence-electron chi connectivity index (χ1n) is 9.88. The Morgan fingerprint density at radius 1 is 1.10 bits per heavy atom. The second-order valence-electron chi connectivity index (χ2n) is 6.93. The number of hydrogen-bond donors (Lipinski definition) is 2. The molecular formula is C22H29ClIN5O. The van der Waals surface area contributed by atoms with Crippen molar-refractivity contribution in [1.82, 2.24) is 15.5 Å². The first-order chi connectivity index (χ1) is 14.1. The topological polar surface area (TPSA) is 60.0 Å². The molecule has 6 nitrogen and oxygen atoms in total. The van der Waals surface area contributed by atoms with Gasteiger partial charge in [0.25, 0.3) is 5.91 Å². The van der Waals surface area contributed by atoms with Crippen LogP contribution in [0, 0.1) is 0 Å². The lowest BCUT2D eigenvalue weighted by Crippen LogP contribution is -2.52. The minimum absolute atomic E-state index is 0. The average Bonchev–Trinajstić information content (AvgIpc) is 2.77. The van der Waals surface area contributed by atoms with Gasteiger partial charge in [-0.2, -0.15) is 0 Å².